The van der Waals surface area contributed by atoms with E-state index in [0.29, 0.717) is 6.04 Å². The van der Waals surface area contributed by atoms with Crippen LogP contribution in [0.2, 0.25) is 0 Å². The van der Waals surface area contributed by atoms with Crippen molar-refractivity contribution in [3.63, 3.8) is 0 Å². The number of nitrogens with one attached hydrogen (secondary N) is 3. The fourth-order valence-electron chi connectivity index (χ4n) is 2.43. The van der Waals surface area contributed by atoms with E-state index in [0.717, 1.165) is 40.5 Å². The highest BCUT2D eigenvalue weighted by atomic mass is 15.0. The molecule has 1 aromatic carbocycles. The lowest BCUT2D eigenvalue weighted by Gasteiger charge is -1.99. The van der Waals surface area contributed by atoms with Crippen LogP contribution in [0.1, 0.15) is 24.5 Å². The number of hydrogen-bond acceptors (Lipinski definition) is 3. The Morgan fingerprint density at radius 3 is 3.05 bits per heavy atom. The minimum atomic E-state index is 0.702. The van der Waals surface area contributed by atoms with Crippen LogP contribution in [0.25, 0.3) is 22.3 Å². The molecule has 1 aliphatic rings. The molecule has 0 unspecified atom stereocenters. The Labute approximate surface area is 116 Å². The maximum absolute atomic E-state index is 4.43. The predicted octanol–water partition coefficient (Wildman–Crippen LogP) is 2.51. The summed E-state index contributed by atoms with van der Waals surface area (Å²) in [6, 6.07) is 6.93. The highest BCUT2D eigenvalue weighted by molar-refractivity contribution is 5.81. The van der Waals surface area contributed by atoms with E-state index in [4.69, 9.17) is 0 Å². The molecular formula is C15H17N5. The first-order valence-corrected chi connectivity index (χ1v) is 7.02. The van der Waals surface area contributed by atoms with Crippen molar-refractivity contribution >= 4 is 11.0 Å². The van der Waals surface area contributed by atoms with Gasteiger partial charge in [-0.3, -0.25) is 0 Å². The van der Waals surface area contributed by atoms with Crippen molar-refractivity contribution in [1.82, 2.24) is 25.3 Å². The van der Waals surface area contributed by atoms with Gasteiger partial charge in [0.2, 0.25) is 0 Å². The minimum Gasteiger partial charge on any atom is -0.342 e. The molecule has 102 valence electrons. The Bertz CT molecular complexity index is 751. The molecule has 5 nitrogen and oxygen atoms in total. The molecule has 20 heavy (non-hydrogen) atoms. The topological polar surface area (TPSA) is 69.4 Å². The lowest BCUT2D eigenvalue weighted by molar-refractivity contribution is 0.664. The third-order valence-corrected chi connectivity index (χ3v) is 3.68. The van der Waals surface area contributed by atoms with Gasteiger partial charge in [0, 0.05) is 11.6 Å². The summed E-state index contributed by atoms with van der Waals surface area (Å²) in [5, 5.41) is 3.46. The van der Waals surface area contributed by atoms with E-state index in [1.807, 2.05) is 19.2 Å². The number of H-pyrrole nitrogens is 2. The summed E-state index contributed by atoms with van der Waals surface area (Å²) in [5.74, 6) is 1.93. The van der Waals surface area contributed by atoms with Crippen LogP contribution in [-0.2, 0) is 6.54 Å². The molecule has 0 spiro atoms. The molecule has 0 radical (unpaired) electrons. The van der Waals surface area contributed by atoms with Crippen LogP contribution in [-0.4, -0.2) is 26.0 Å². The summed E-state index contributed by atoms with van der Waals surface area (Å²) < 4.78 is 0. The van der Waals surface area contributed by atoms with E-state index >= 15 is 0 Å². The third kappa shape index (κ3) is 2.20. The maximum atomic E-state index is 4.43. The molecular weight excluding hydrogens is 250 g/mol. The van der Waals surface area contributed by atoms with Gasteiger partial charge in [0.25, 0.3) is 0 Å². The third-order valence-electron chi connectivity index (χ3n) is 3.68. The van der Waals surface area contributed by atoms with Crippen LogP contribution < -0.4 is 5.32 Å². The number of imidazole rings is 2. The lowest BCUT2D eigenvalue weighted by atomic mass is 10.1. The highest BCUT2D eigenvalue weighted by Gasteiger charge is 2.20. The zero-order valence-corrected chi connectivity index (χ0v) is 11.4. The zero-order chi connectivity index (χ0) is 13.5. The second kappa shape index (κ2) is 4.45. The molecule has 2 aromatic heterocycles. The zero-order valence-electron chi connectivity index (χ0n) is 11.4. The van der Waals surface area contributed by atoms with Crippen molar-refractivity contribution < 1.29 is 0 Å². The van der Waals surface area contributed by atoms with Gasteiger partial charge in [-0.2, -0.15) is 0 Å². The average molecular weight is 267 g/mol. The largest absolute Gasteiger partial charge is 0.342 e. The van der Waals surface area contributed by atoms with E-state index in [1.165, 1.54) is 12.8 Å². The predicted molar refractivity (Wildman–Crippen MR) is 78.3 cm³/mol. The number of aromatic nitrogens is 4. The molecule has 0 aliphatic heterocycles. The summed E-state index contributed by atoms with van der Waals surface area (Å²) >= 11 is 0. The molecule has 1 saturated carbocycles. The van der Waals surface area contributed by atoms with Crippen LogP contribution in [0.15, 0.2) is 24.4 Å². The summed E-state index contributed by atoms with van der Waals surface area (Å²) in [4.78, 5) is 15.5. The van der Waals surface area contributed by atoms with Crippen molar-refractivity contribution in [2.45, 2.75) is 32.4 Å². The maximum Gasteiger partial charge on any atom is 0.120 e. The van der Waals surface area contributed by atoms with Gasteiger partial charge in [0.1, 0.15) is 11.6 Å². The molecule has 5 heteroatoms. The average Bonchev–Trinajstić information content (AvgIpc) is 3.01. The van der Waals surface area contributed by atoms with E-state index in [-0.39, 0.29) is 0 Å². The number of nitrogens with zero attached hydrogens (tertiary/aromatic N) is 2. The molecule has 0 atom stereocenters. The first kappa shape index (κ1) is 11.7. The number of hydrogen-bond donors (Lipinski definition) is 3. The van der Waals surface area contributed by atoms with Gasteiger partial charge in [-0.05, 0) is 31.9 Å². The summed E-state index contributed by atoms with van der Waals surface area (Å²) in [5.41, 5.74) is 4.24. The Kier molecular flexibility index (Phi) is 2.60. The van der Waals surface area contributed by atoms with Gasteiger partial charge < -0.3 is 15.3 Å². The fraction of sp³-hybridized carbons (Fsp3) is 0.333. The number of benzene rings is 1. The lowest BCUT2D eigenvalue weighted by Crippen LogP contribution is -2.16. The second-order valence-corrected chi connectivity index (χ2v) is 5.45. The standard InChI is InChI=1S/C15H17N5/c1-9-18-12-5-2-10(6-13(12)19-9)14-7-17-15(20-14)8-16-11-3-4-11/h2,5-7,11,16H,3-4,8H2,1H3,(H,17,20)(H,18,19). The van der Waals surface area contributed by atoms with Gasteiger partial charge in [-0.15, -0.1) is 0 Å². The Hall–Kier alpha value is -2.14. The first-order chi connectivity index (χ1) is 9.78. The van der Waals surface area contributed by atoms with Crippen molar-refractivity contribution in [1.29, 1.82) is 0 Å². The monoisotopic (exact) mass is 267 g/mol. The van der Waals surface area contributed by atoms with Gasteiger partial charge in [-0.25, -0.2) is 9.97 Å². The van der Waals surface area contributed by atoms with E-state index in [2.05, 4.69) is 37.4 Å². The highest BCUT2D eigenvalue weighted by Crippen LogP contribution is 2.22. The summed E-state index contributed by atoms with van der Waals surface area (Å²) in [7, 11) is 0. The molecule has 1 fully saturated rings. The van der Waals surface area contributed by atoms with Crippen LogP contribution in [0, 0.1) is 6.92 Å². The van der Waals surface area contributed by atoms with Gasteiger partial charge in [0.05, 0.1) is 29.5 Å². The first-order valence-electron chi connectivity index (χ1n) is 7.02. The number of aryl methyl sites for hydroxylation is 1. The molecule has 0 bridgehead atoms. The molecule has 4 rings (SSSR count). The van der Waals surface area contributed by atoms with Crippen LogP contribution in [0.5, 0.6) is 0 Å². The molecule has 3 aromatic rings. The number of aromatic amines is 2. The summed E-state index contributed by atoms with van der Waals surface area (Å²) in [6.45, 7) is 2.79. The molecule has 1 aliphatic carbocycles. The molecule has 0 saturated heterocycles. The van der Waals surface area contributed by atoms with E-state index in [9.17, 15) is 0 Å². The number of fused-ring (bicyclic) bond motifs is 1. The van der Waals surface area contributed by atoms with Crippen molar-refractivity contribution in [3.05, 3.63) is 36.0 Å². The van der Waals surface area contributed by atoms with Gasteiger partial charge in [0.15, 0.2) is 0 Å². The Morgan fingerprint density at radius 2 is 2.20 bits per heavy atom. The Morgan fingerprint density at radius 1 is 1.30 bits per heavy atom. The van der Waals surface area contributed by atoms with Crippen molar-refractivity contribution in [2.24, 2.45) is 0 Å². The number of rotatable bonds is 4. The van der Waals surface area contributed by atoms with E-state index in [1.54, 1.807) is 0 Å². The minimum absolute atomic E-state index is 0.702. The summed E-state index contributed by atoms with van der Waals surface area (Å²) in [6.07, 6.45) is 4.49. The van der Waals surface area contributed by atoms with Crippen molar-refractivity contribution in [2.75, 3.05) is 0 Å². The molecule has 3 N–H and O–H groups in total. The van der Waals surface area contributed by atoms with E-state index < -0.39 is 0 Å². The normalized spacial score (nSPS) is 15.1. The van der Waals surface area contributed by atoms with Crippen molar-refractivity contribution in [3.8, 4) is 11.3 Å². The molecule has 0 amide bonds. The van der Waals surface area contributed by atoms with Gasteiger partial charge >= 0.3 is 0 Å². The van der Waals surface area contributed by atoms with Crippen LogP contribution in [0.3, 0.4) is 0 Å². The quantitative estimate of drug-likeness (QED) is 0.680. The second-order valence-electron chi connectivity index (χ2n) is 5.45. The Balaban J connectivity index is 1.60. The molecule has 2 heterocycles. The van der Waals surface area contributed by atoms with Crippen LogP contribution >= 0.6 is 0 Å². The van der Waals surface area contributed by atoms with Crippen LogP contribution in [0.4, 0.5) is 0 Å². The van der Waals surface area contributed by atoms with Gasteiger partial charge in [-0.1, -0.05) is 6.07 Å². The SMILES string of the molecule is Cc1nc2ccc(-c3cnc(CNC4CC4)[nH]3)cc2[nH]1. The fourth-order valence-corrected chi connectivity index (χ4v) is 2.43. The smallest absolute Gasteiger partial charge is 0.120 e.